The van der Waals surface area contributed by atoms with Crippen LogP contribution in [0.3, 0.4) is 0 Å². The van der Waals surface area contributed by atoms with Gasteiger partial charge in [-0.2, -0.15) is 0 Å². The van der Waals surface area contributed by atoms with E-state index < -0.39 is 0 Å². The van der Waals surface area contributed by atoms with Gasteiger partial charge < -0.3 is 19.9 Å². The van der Waals surface area contributed by atoms with Crippen molar-refractivity contribution in [3.8, 4) is 0 Å². The number of ether oxygens (including phenoxy) is 1. The first-order valence-electron chi connectivity index (χ1n) is 14.3. The number of rotatable bonds is 9. The van der Waals surface area contributed by atoms with E-state index in [0.717, 1.165) is 62.0 Å². The number of carbonyl (C=O) groups excluding carboxylic acids is 2. The molecule has 0 saturated carbocycles. The number of nitrogens with one attached hydrogen (secondary N) is 1. The molecule has 2 aliphatic heterocycles. The quantitative estimate of drug-likeness (QED) is 0.267. The summed E-state index contributed by atoms with van der Waals surface area (Å²) in [6.07, 6.45) is 3.20. The highest BCUT2D eigenvalue weighted by Crippen LogP contribution is 2.36. The van der Waals surface area contributed by atoms with Gasteiger partial charge in [0.15, 0.2) is 0 Å². The predicted molar refractivity (Wildman–Crippen MR) is 170 cm³/mol. The first-order chi connectivity index (χ1) is 19.8. The van der Waals surface area contributed by atoms with E-state index in [4.69, 9.17) is 27.9 Å². The van der Waals surface area contributed by atoms with E-state index in [2.05, 4.69) is 22.3 Å². The highest BCUT2D eigenvalue weighted by Gasteiger charge is 2.39. The van der Waals surface area contributed by atoms with E-state index in [0.29, 0.717) is 23.2 Å². The minimum Gasteiger partial charge on any atom is -0.449 e. The molecule has 0 bridgehead atoms. The molecular formula is C33H38Cl3N3O3. The molecule has 2 aliphatic rings. The van der Waals surface area contributed by atoms with Crippen LogP contribution in [0.5, 0.6) is 0 Å². The molecule has 3 aromatic rings. The van der Waals surface area contributed by atoms with Crippen LogP contribution in [0, 0.1) is 0 Å². The molecule has 0 spiro atoms. The molecule has 6 nitrogen and oxygen atoms in total. The summed E-state index contributed by atoms with van der Waals surface area (Å²) in [4.78, 5) is 29.5. The van der Waals surface area contributed by atoms with Crippen LogP contribution in [0.4, 0.5) is 4.79 Å². The summed E-state index contributed by atoms with van der Waals surface area (Å²) >= 11 is 12.6. The molecule has 3 aromatic carbocycles. The van der Waals surface area contributed by atoms with Gasteiger partial charge in [-0.05, 0) is 61.1 Å². The zero-order valence-electron chi connectivity index (χ0n) is 23.8. The average Bonchev–Trinajstić information content (AvgIpc) is 2.98. The number of likely N-dealkylation sites (tertiary alicyclic amines) is 1. The van der Waals surface area contributed by atoms with Gasteiger partial charge >= 0.3 is 6.09 Å². The van der Waals surface area contributed by atoms with E-state index in [-0.39, 0.29) is 41.9 Å². The largest absolute Gasteiger partial charge is 0.449 e. The van der Waals surface area contributed by atoms with Crippen LogP contribution in [0.1, 0.15) is 55.2 Å². The smallest absolute Gasteiger partial charge is 0.410 e. The summed E-state index contributed by atoms with van der Waals surface area (Å²) < 4.78 is 5.69. The number of amides is 2. The monoisotopic (exact) mass is 629 g/mol. The van der Waals surface area contributed by atoms with Gasteiger partial charge in [0.1, 0.15) is 6.61 Å². The second-order valence-electron chi connectivity index (χ2n) is 11.2. The molecule has 1 N–H and O–H groups in total. The van der Waals surface area contributed by atoms with E-state index in [1.165, 1.54) is 0 Å². The maximum absolute atomic E-state index is 13.1. The van der Waals surface area contributed by atoms with Crippen molar-refractivity contribution in [2.24, 2.45) is 0 Å². The standard InChI is InChI=1S/C33H37Cl2N3O3.ClH/c1-24(39)36-33(27-11-6-3-7-12-27)16-19-37(20-17-33)18-8-13-31-28(26-14-15-29(34)30(35)21-26)23-41-32(40)38(31)22-25-9-4-2-5-10-25;/h2-7,9-12,14-15,21,28,31H,8,13,16-20,22-23H2,1H3,(H,36,39);1H. The van der Waals surface area contributed by atoms with Gasteiger partial charge in [0.25, 0.3) is 0 Å². The maximum atomic E-state index is 13.1. The lowest BCUT2D eigenvalue weighted by molar-refractivity contribution is -0.121. The maximum Gasteiger partial charge on any atom is 0.410 e. The summed E-state index contributed by atoms with van der Waals surface area (Å²) in [5.74, 6) is -0.0172. The fourth-order valence-corrected chi connectivity index (χ4v) is 6.66. The normalized spacial score (nSPS) is 20.4. The first-order valence-corrected chi connectivity index (χ1v) is 15.1. The Kier molecular flexibility index (Phi) is 11.2. The molecule has 0 aliphatic carbocycles. The van der Waals surface area contributed by atoms with Crippen molar-refractivity contribution >= 4 is 47.6 Å². The number of hydrogen-bond donors (Lipinski definition) is 1. The summed E-state index contributed by atoms with van der Waals surface area (Å²) in [5.41, 5.74) is 2.92. The number of cyclic esters (lactones) is 1. The summed E-state index contributed by atoms with van der Waals surface area (Å²) in [7, 11) is 0. The predicted octanol–water partition coefficient (Wildman–Crippen LogP) is 7.43. The van der Waals surface area contributed by atoms with Crippen molar-refractivity contribution in [3.63, 3.8) is 0 Å². The Bertz CT molecular complexity index is 1330. The average molecular weight is 631 g/mol. The Morgan fingerprint density at radius 1 is 0.976 bits per heavy atom. The van der Waals surface area contributed by atoms with Crippen LogP contribution in [0.15, 0.2) is 78.9 Å². The molecule has 2 unspecified atom stereocenters. The Balaban J connectivity index is 0.00000405. The molecular weight excluding hydrogens is 593 g/mol. The zero-order chi connectivity index (χ0) is 28.8. The minimum absolute atomic E-state index is 0. The third-order valence-electron chi connectivity index (χ3n) is 8.48. The van der Waals surface area contributed by atoms with Crippen molar-refractivity contribution in [1.29, 1.82) is 0 Å². The van der Waals surface area contributed by atoms with Gasteiger partial charge in [-0.25, -0.2) is 4.79 Å². The lowest BCUT2D eigenvalue weighted by Crippen LogP contribution is -2.53. The molecule has 2 amide bonds. The van der Waals surface area contributed by atoms with Gasteiger partial charge in [-0.1, -0.05) is 89.9 Å². The zero-order valence-corrected chi connectivity index (χ0v) is 26.1. The fourth-order valence-electron chi connectivity index (χ4n) is 6.35. The Labute approximate surface area is 264 Å². The number of piperidine rings is 1. The van der Waals surface area contributed by atoms with E-state index in [1.54, 1.807) is 6.92 Å². The lowest BCUT2D eigenvalue weighted by atomic mass is 9.80. The molecule has 42 heavy (non-hydrogen) atoms. The van der Waals surface area contributed by atoms with Gasteiger partial charge in [0.05, 0.1) is 15.6 Å². The highest BCUT2D eigenvalue weighted by molar-refractivity contribution is 6.42. The highest BCUT2D eigenvalue weighted by atomic mass is 35.5. The van der Waals surface area contributed by atoms with Crippen LogP contribution in [0.25, 0.3) is 0 Å². The van der Waals surface area contributed by atoms with Crippen molar-refractivity contribution < 1.29 is 14.3 Å². The number of benzene rings is 3. The second-order valence-corrected chi connectivity index (χ2v) is 12.0. The third-order valence-corrected chi connectivity index (χ3v) is 9.22. The molecule has 2 heterocycles. The van der Waals surface area contributed by atoms with Crippen LogP contribution >= 0.6 is 35.6 Å². The van der Waals surface area contributed by atoms with Crippen LogP contribution in [0.2, 0.25) is 10.0 Å². The molecule has 0 aromatic heterocycles. The van der Waals surface area contributed by atoms with Gasteiger partial charge in [-0.15, -0.1) is 12.4 Å². The van der Waals surface area contributed by atoms with Crippen molar-refractivity contribution in [1.82, 2.24) is 15.1 Å². The van der Waals surface area contributed by atoms with Crippen LogP contribution < -0.4 is 5.32 Å². The lowest BCUT2D eigenvalue weighted by Gasteiger charge is -2.43. The molecule has 2 fully saturated rings. The van der Waals surface area contributed by atoms with E-state index in [9.17, 15) is 9.59 Å². The van der Waals surface area contributed by atoms with E-state index >= 15 is 0 Å². The summed E-state index contributed by atoms with van der Waals surface area (Å²) in [6.45, 7) is 5.11. The summed E-state index contributed by atoms with van der Waals surface area (Å²) in [6, 6.07) is 26.0. The number of nitrogens with zero attached hydrogens (tertiary/aromatic N) is 2. The summed E-state index contributed by atoms with van der Waals surface area (Å²) in [5, 5.41) is 4.28. The van der Waals surface area contributed by atoms with Crippen molar-refractivity contribution in [2.75, 3.05) is 26.2 Å². The molecule has 9 heteroatoms. The Hall–Kier alpha value is -2.77. The van der Waals surface area contributed by atoms with Crippen LogP contribution in [-0.2, 0) is 21.6 Å². The number of hydrogen-bond acceptors (Lipinski definition) is 4. The van der Waals surface area contributed by atoms with Gasteiger partial charge in [0, 0.05) is 38.5 Å². The molecule has 224 valence electrons. The van der Waals surface area contributed by atoms with Crippen molar-refractivity contribution in [3.05, 3.63) is 106 Å². The third kappa shape index (κ3) is 7.59. The number of halogens is 3. The second kappa shape index (κ2) is 14.6. The van der Waals surface area contributed by atoms with E-state index in [1.807, 2.05) is 71.6 Å². The minimum atomic E-state index is -0.331. The molecule has 2 atom stereocenters. The molecule has 5 rings (SSSR count). The van der Waals surface area contributed by atoms with Crippen molar-refractivity contribution in [2.45, 2.75) is 56.7 Å². The van der Waals surface area contributed by atoms with Gasteiger partial charge in [0.2, 0.25) is 5.91 Å². The van der Waals surface area contributed by atoms with Crippen LogP contribution in [-0.4, -0.2) is 54.1 Å². The molecule has 0 radical (unpaired) electrons. The Morgan fingerprint density at radius 2 is 1.64 bits per heavy atom. The first kappa shape index (κ1) is 32.2. The number of carbonyl (C=O) groups is 2. The molecule has 2 saturated heterocycles. The Morgan fingerprint density at radius 3 is 2.29 bits per heavy atom. The SMILES string of the molecule is CC(=O)NC1(c2ccccc2)CCN(CCCC2C(c3ccc(Cl)c(Cl)c3)COC(=O)N2Cc2ccccc2)CC1.Cl. The fraction of sp³-hybridized carbons (Fsp3) is 0.394. The topological polar surface area (TPSA) is 61.9 Å². The van der Waals surface area contributed by atoms with Gasteiger partial charge in [-0.3, -0.25) is 4.79 Å².